The van der Waals surface area contributed by atoms with E-state index in [-0.39, 0.29) is 11.9 Å². The first-order valence-corrected chi connectivity index (χ1v) is 9.14. The van der Waals surface area contributed by atoms with Crippen LogP contribution in [0.1, 0.15) is 34.9 Å². The number of aromatic nitrogens is 2. The molecule has 0 aromatic carbocycles. The maximum Gasteiger partial charge on any atom is 0.237 e. The summed E-state index contributed by atoms with van der Waals surface area (Å²) in [5, 5.41) is 6.42. The maximum absolute atomic E-state index is 12.8. The zero-order chi connectivity index (χ0) is 15.8. The summed E-state index contributed by atoms with van der Waals surface area (Å²) in [6.07, 6.45) is 7.14. The highest BCUT2D eigenvalue weighted by molar-refractivity contribution is 7.10. The van der Waals surface area contributed by atoms with E-state index in [4.69, 9.17) is 0 Å². The Bertz CT molecular complexity index is 707. The number of nitrogens with zero attached hydrogens (tertiary/aromatic N) is 4. The van der Waals surface area contributed by atoms with Crippen molar-refractivity contribution >= 4 is 17.2 Å². The highest BCUT2D eigenvalue weighted by atomic mass is 32.1. The predicted molar refractivity (Wildman–Crippen MR) is 90.2 cm³/mol. The zero-order valence-corrected chi connectivity index (χ0v) is 14.3. The average Bonchev–Trinajstić information content (AvgIpc) is 3.26. The molecule has 4 rings (SSSR count). The number of fused-ring (bicyclic) bond motifs is 1. The van der Waals surface area contributed by atoms with Gasteiger partial charge in [-0.3, -0.25) is 14.4 Å². The van der Waals surface area contributed by atoms with Gasteiger partial charge >= 0.3 is 0 Å². The number of hydrogen-bond acceptors (Lipinski definition) is 4. The predicted octanol–water partition coefficient (Wildman–Crippen LogP) is 2.20. The summed E-state index contributed by atoms with van der Waals surface area (Å²) in [7, 11) is 1.93. The van der Waals surface area contributed by atoms with Crippen LogP contribution in [0.25, 0.3) is 0 Å². The van der Waals surface area contributed by atoms with Gasteiger partial charge in [-0.2, -0.15) is 5.10 Å². The molecule has 2 aromatic rings. The van der Waals surface area contributed by atoms with Gasteiger partial charge in [-0.05, 0) is 36.3 Å². The van der Waals surface area contributed by atoms with Crippen LogP contribution < -0.4 is 0 Å². The largest absolute Gasteiger partial charge is 0.334 e. The molecular weight excluding hydrogens is 308 g/mol. The van der Waals surface area contributed by atoms with E-state index in [9.17, 15) is 4.79 Å². The first-order valence-electron chi connectivity index (χ1n) is 8.26. The van der Waals surface area contributed by atoms with Crippen molar-refractivity contribution in [3.63, 3.8) is 0 Å². The Kier molecular flexibility index (Phi) is 3.95. The van der Waals surface area contributed by atoms with Crippen LogP contribution in [0.3, 0.4) is 0 Å². The Labute approximate surface area is 140 Å². The van der Waals surface area contributed by atoms with Gasteiger partial charge in [0.05, 0.1) is 18.8 Å². The summed E-state index contributed by atoms with van der Waals surface area (Å²) in [5.41, 5.74) is 2.57. The van der Waals surface area contributed by atoms with Gasteiger partial charge in [0.2, 0.25) is 5.91 Å². The quantitative estimate of drug-likeness (QED) is 0.866. The number of likely N-dealkylation sites (tertiary alicyclic amines) is 1. The van der Waals surface area contributed by atoms with Crippen LogP contribution >= 0.6 is 11.3 Å². The highest BCUT2D eigenvalue weighted by Crippen LogP contribution is 2.32. The van der Waals surface area contributed by atoms with Gasteiger partial charge in [-0.25, -0.2) is 0 Å². The Morgan fingerprint density at radius 1 is 1.43 bits per heavy atom. The molecule has 23 heavy (non-hydrogen) atoms. The smallest absolute Gasteiger partial charge is 0.237 e. The van der Waals surface area contributed by atoms with E-state index in [1.54, 1.807) is 0 Å². The summed E-state index contributed by atoms with van der Waals surface area (Å²) in [4.78, 5) is 18.6. The third kappa shape index (κ3) is 2.93. The van der Waals surface area contributed by atoms with Gasteiger partial charge in [-0.1, -0.05) is 0 Å². The standard InChI is InChI=1S/C17H22N4OS/c1-19-10-14(9-18-19)15-3-2-6-21(15)17(22)12-20-7-4-16-13(11-20)5-8-23-16/h5,8-10,15H,2-4,6-7,11-12H2,1H3/t15-/m0/s1. The van der Waals surface area contributed by atoms with Crippen LogP contribution in [-0.2, 0) is 24.8 Å². The van der Waals surface area contributed by atoms with E-state index < -0.39 is 0 Å². The molecule has 0 bridgehead atoms. The van der Waals surface area contributed by atoms with Crippen LogP contribution in [0, 0.1) is 0 Å². The van der Waals surface area contributed by atoms with Crippen LogP contribution in [-0.4, -0.2) is 45.1 Å². The Balaban J connectivity index is 1.42. The second-order valence-electron chi connectivity index (χ2n) is 6.52. The molecule has 0 unspecified atom stereocenters. The van der Waals surface area contributed by atoms with E-state index >= 15 is 0 Å². The lowest BCUT2D eigenvalue weighted by Crippen LogP contribution is -2.41. The van der Waals surface area contributed by atoms with Crippen molar-refractivity contribution < 1.29 is 4.79 Å². The summed E-state index contributed by atoms with van der Waals surface area (Å²) < 4.78 is 1.82. The third-order valence-electron chi connectivity index (χ3n) is 4.93. The molecule has 2 aliphatic heterocycles. The average molecular weight is 330 g/mol. The monoisotopic (exact) mass is 330 g/mol. The lowest BCUT2D eigenvalue weighted by Gasteiger charge is -2.30. The van der Waals surface area contributed by atoms with E-state index in [1.165, 1.54) is 10.4 Å². The van der Waals surface area contributed by atoms with Gasteiger partial charge in [-0.15, -0.1) is 11.3 Å². The number of thiophene rings is 1. The molecule has 2 aliphatic rings. The number of hydrogen-bond donors (Lipinski definition) is 0. The van der Waals surface area contributed by atoms with Crippen LogP contribution in [0.5, 0.6) is 0 Å². The van der Waals surface area contributed by atoms with Gasteiger partial charge in [0.15, 0.2) is 0 Å². The van der Waals surface area contributed by atoms with Crippen molar-refractivity contribution in [1.82, 2.24) is 19.6 Å². The third-order valence-corrected chi connectivity index (χ3v) is 5.95. The highest BCUT2D eigenvalue weighted by Gasteiger charge is 2.32. The molecule has 6 heteroatoms. The van der Waals surface area contributed by atoms with Crippen molar-refractivity contribution in [2.75, 3.05) is 19.6 Å². The van der Waals surface area contributed by atoms with Crippen LogP contribution in [0.2, 0.25) is 0 Å². The van der Waals surface area contributed by atoms with Crippen molar-refractivity contribution in [2.45, 2.75) is 31.8 Å². The second kappa shape index (κ2) is 6.09. The van der Waals surface area contributed by atoms with Gasteiger partial charge in [0.25, 0.3) is 0 Å². The Morgan fingerprint density at radius 3 is 3.17 bits per heavy atom. The summed E-state index contributed by atoms with van der Waals surface area (Å²) >= 11 is 1.84. The van der Waals surface area contributed by atoms with Crippen molar-refractivity contribution in [3.8, 4) is 0 Å². The van der Waals surface area contributed by atoms with Gasteiger partial charge < -0.3 is 4.90 Å². The number of carbonyl (C=O) groups excluding carboxylic acids is 1. The lowest BCUT2D eigenvalue weighted by molar-refractivity contribution is -0.133. The van der Waals surface area contributed by atoms with Crippen LogP contribution in [0.15, 0.2) is 23.8 Å². The Hall–Kier alpha value is -1.66. The number of rotatable bonds is 3. The van der Waals surface area contributed by atoms with E-state index in [1.807, 2.05) is 35.5 Å². The first kappa shape index (κ1) is 14.9. The minimum atomic E-state index is 0.206. The summed E-state index contributed by atoms with van der Waals surface area (Å²) in [5.74, 6) is 0.259. The molecule has 0 aliphatic carbocycles. The van der Waals surface area contributed by atoms with Crippen molar-refractivity contribution in [2.24, 2.45) is 7.05 Å². The topological polar surface area (TPSA) is 41.4 Å². The number of amides is 1. The van der Waals surface area contributed by atoms with Crippen molar-refractivity contribution in [3.05, 3.63) is 39.8 Å². The molecule has 4 heterocycles. The van der Waals surface area contributed by atoms with Gasteiger partial charge in [0, 0.05) is 43.3 Å². The number of aryl methyl sites for hydroxylation is 1. The second-order valence-corrected chi connectivity index (χ2v) is 7.52. The molecule has 1 amide bonds. The fourth-order valence-corrected chi connectivity index (χ4v) is 4.64. The first-order chi connectivity index (χ1) is 11.2. The fraction of sp³-hybridized carbons (Fsp3) is 0.529. The number of carbonyl (C=O) groups is 1. The molecule has 1 atom stereocenters. The molecule has 122 valence electrons. The molecule has 0 spiro atoms. The summed E-state index contributed by atoms with van der Waals surface area (Å²) in [6.45, 7) is 3.31. The molecule has 2 aromatic heterocycles. The van der Waals surface area contributed by atoms with E-state index in [0.717, 1.165) is 44.5 Å². The van der Waals surface area contributed by atoms with E-state index in [2.05, 4.69) is 26.3 Å². The molecular formula is C17H22N4OS. The minimum Gasteiger partial charge on any atom is -0.334 e. The molecule has 0 radical (unpaired) electrons. The molecule has 0 N–H and O–H groups in total. The SMILES string of the molecule is Cn1cc([C@@H]2CCCN2C(=O)CN2CCc3sccc3C2)cn1. The Morgan fingerprint density at radius 2 is 2.35 bits per heavy atom. The lowest BCUT2D eigenvalue weighted by atomic mass is 10.1. The minimum absolute atomic E-state index is 0.206. The molecule has 1 saturated heterocycles. The molecule has 0 saturated carbocycles. The van der Waals surface area contributed by atoms with Crippen LogP contribution in [0.4, 0.5) is 0 Å². The molecule has 1 fully saturated rings. The summed E-state index contributed by atoms with van der Waals surface area (Å²) in [6, 6.07) is 2.41. The van der Waals surface area contributed by atoms with Gasteiger partial charge in [0.1, 0.15) is 0 Å². The van der Waals surface area contributed by atoms with E-state index in [0.29, 0.717) is 6.54 Å². The normalized spacial score (nSPS) is 21.6. The maximum atomic E-state index is 12.8. The molecule has 5 nitrogen and oxygen atoms in total. The zero-order valence-electron chi connectivity index (χ0n) is 13.4. The fourth-order valence-electron chi connectivity index (χ4n) is 3.75. The van der Waals surface area contributed by atoms with Crippen molar-refractivity contribution in [1.29, 1.82) is 0 Å².